The summed E-state index contributed by atoms with van der Waals surface area (Å²) in [5.41, 5.74) is 0. The molecule has 39 valence electrons. The Balaban J connectivity index is 3.17. The first-order valence-electron chi connectivity index (χ1n) is 1.71. The van der Waals surface area contributed by atoms with Crippen molar-refractivity contribution in [3.63, 3.8) is 0 Å². The fourth-order valence-corrected chi connectivity index (χ4v) is 0.658. The van der Waals surface area contributed by atoms with E-state index < -0.39 is 0 Å². The molecule has 0 aliphatic heterocycles. The molecule has 0 aliphatic carbocycles. The highest BCUT2D eigenvalue weighted by Gasteiger charge is 1.90. The lowest BCUT2D eigenvalue weighted by atomic mass is 10.5. The minimum atomic E-state index is -0.0949. The van der Waals surface area contributed by atoms with Gasteiger partial charge in [-0.2, -0.15) is 11.8 Å². The molecular formula is C4H5OS2. The Labute approximate surface area is 52.5 Å². The number of carbonyl (C=O) groups excluding carboxylic acids is 1. The molecule has 0 heterocycles. The standard InChI is InChI=1S/C4H5OS2/c1-7-3-4(5)2-6/h3H2,1H3. The van der Waals surface area contributed by atoms with Crippen LogP contribution in [0.5, 0.6) is 0 Å². The highest BCUT2D eigenvalue weighted by Crippen LogP contribution is 1.88. The molecule has 0 unspecified atom stereocenters. The van der Waals surface area contributed by atoms with Crippen LogP contribution in [0.15, 0.2) is 0 Å². The Kier molecular flexibility index (Phi) is 4.34. The molecule has 0 aliphatic rings. The summed E-state index contributed by atoms with van der Waals surface area (Å²) in [5.74, 6) is 0.367. The van der Waals surface area contributed by atoms with E-state index in [0.717, 1.165) is 0 Å². The van der Waals surface area contributed by atoms with Crippen LogP contribution in [-0.2, 0) is 4.79 Å². The first-order chi connectivity index (χ1) is 3.31. The number of thioether (sulfide) groups is 1. The van der Waals surface area contributed by atoms with E-state index in [-0.39, 0.29) is 5.78 Å². The van der Waals surface area contributed by atoms with E-state index in [2.05, 4.69) is 17.6 Å². The largest absolute Gasteiger partial charge is 0.292 e. The minimum Gasteiger partial charge on any atom is -0.292 e. The summed E-state index contributed by atoms with van der Waals surface area (Å²) in [6.07, 6.45) is 1.85. The van der Waals surface area contributed by atoms with Crippen LogP contribution in [0, 0.1) is 0 Å². The van der Waals surface area contributed by atoms with Crippen molar-refractivity contribution in [1.82, 2.24) is 0 Å². The predicted octanol–water partition coefficient (Wildman–Crippen LogP) is 0.795. The van der Waals surface area contributed by atoms with Crippen LogP contribution in [0.1, 0.15) is 0 Å². The van der Waals surface area contributed by atoms with Gasteiger partial charge in [0.1, 0.15) is 5.37 Å². The molecule has 0 saturated heterocycles. The van der Waals surface area contributed by atoms with Crippen LogP contribution >= 0.6 is 24.0 Å². The van der Waals surface area contributed by atoms with Gasteiger partial charge in [0.05, 0.1) is 5.75 Å². The monoisotopic (exact) mass is 133 g/mol. The van der Waals surface area contributed by atoms with E-state index >= 15 is 0 Å². The van der Waals surface area contributed by atoms with Gasteiger partial charge in [0.25, 0.3) is 0 Å². The third kappa shape index (κ3) is 3.95. The fraction of sp³-hybridized carbons (Fsp3) is 0.500. The Morgan fingerprint density at radius 3 is 2.71 bits per heavy atom. The van der Waals surface area contributed by atoms with E-state index in [9.17, 15) is 4.79 Å². The summed E-state index contributed by atoms with van der Waals surface area (Å²) in [6.45, 7) is 0. The molecule has 0 spiro atoms. The lowest BCUT2D eigenvalue weighted by molar-refractivity contribution is -0.110. The second kappa shape index (κ2) is 4.27. The van der Waals surface area contributed by atoms with Crippen molar-refractivity contribution in [3.05, 3.63) is 0 Å². The third-order valence-corrected chi connectivity index (χ3v) is 1.17. The van der Waals surface area contributed by atoms with E-state index in [4.69, 9.17) is 0 Å². The molecule has 0 aromatic rings. The average molecular weight is 133 g/mol. The van der Waals surface area contributed by atoms with E-state index in [1.807, 2.05) is 6.26 Å². The summed E-state index contributed by atoms with van der Waals surface area (Å²) in [6, 6.07) is 0. The van der Waals surface area contributed by atoms with Crippen LogP contribution in [-0.4, -0.2) is 23.2 Å². The van der Waals surface area contributed by atoms with Gasteiger partial charge < -0.3 is 0 Å². The van der Waals surface area contributed by atoms with Crippen molar-refractivity contribution in [1.29, 1.82) is 0 Å². The first kappa shape index (κ1) is 7.11. The highest BCUT2D eigenvalue weighted by molar-refractivity contribution is 7.99. The smallest absolute Gasteiger partial charge is 0.185 e. The summed E-state index contributed by atoms with van der Waals surface area (Å²) in [5, 5.41) is 2.09. The Bertz CT molecular complexity index is 79.8. The van der Waals surface area contributed by atoms with Gasteiger partial charge in [0, 0.05) is 0 Å². The number of ketones is 1. The second-order valence-electron chi connectivity index (χ2n) is 0.958. The molecule has 0 rings (SSSR count). The molecule has 0 bridgehead atoms. The van der Waals surface area contributed by atoms with E-state index in [1.165, 1.54) is 11.8 Å². The number of thiocarbonyl (C=S) groups is 1. The van der Waals surface area contributed by atoms with E-state index in [0.29, 0.717) is 5.75 Å². The molecule has 0 atom stereocenters. The topological polar surface area (TPSA) is 17.1 Å². The summed E-state index contributed by atoms with van der Waals surface area (Å²) in [7, 11) is 0. The van der Waals surface area contributed by atoms with Gasteiger partial charge in [0.2, 0.25) is 0 Å². The number of hydrogen-bond acceptors (Lipinski definition) is 3. The number of hydrogen-bond donors (Lipinski definition) is 0. The van der Waals surface area contributed by atoms with Gasteiger partial charge in [-0.15, -0.1) is 0 Å². The second-order valence-corrected chi connectivity index (χ2v) is 2.03. The van der Waals surface area contributed by atoms with Gasteiger partial charge in [-0.05, 0) is 6.26 Å². The molecule has 3 heteroatoms. The van der Waals surface area contributed by atoms with E-state index in [1.54, 1.807) is 0 Å². The molecule has 0 aromatic carbocycles. The highest BCUT2D eigenvalue weighted by atomic mass is 32.2. The van der Waals surface area contributed by atoms with Gasteiger partial charge in [-0.25, -0.2) is 0 Å². The lowest BCUT2D eigenvalue weighted by Gasteiger charge is -1.81. The van der Waals surface area contributed by atoms with Crippen molar-refractivity contribution in [2.45, 2.75) is 0 Å². The Morgan fingerprint density at radius 1 is 2.00 bits per heavy atom. The summed E-state index contributed by atoms with van der Waals surface area (Å²) >= 11 is 5.68. The van der Waals surface area contributed by atoms with Crippen LogP contribution in [0.25, 0.3) is 0 Å². The number of carbonyl (C=O) groups is 1. The maximum Gasteiger partial charge on any atom is 0.185 e. The molecule has 0 aromatic heterocycles. The van der Waals surface area contributed by atoms with Crippen LogP contribution < -0.4 is 0 Å². The van der Waals surface area contributed by atoms with Crippen LogP contribution in [0.3, 0.4) is 0 Å². The molecule has 1 radical (unpaired) electrons. The quantitative estimate of drug-likeness (QED) is 0.530. The first-order valence-corrected chi connectivity index (χ1v) is 3.51. The SMILES string of the molecule is CSCC(=O)[C]=S. The maximum atomic E-state index is 10.2. The van der Waals surface area contributed by atoms with Gasteiger partial charge in [-0.1, -0.05) is 12.2 Å². The minimum absolute atomic E-state index is 0.0949. The average Bonchev–Trinajstić information content (AvgIpc) is 1.68. The summed E-state index contributed by atoms with van der Waals surface area (Å²) < 4.78 is 0. The van der Waals surface area contributed by atoms with Gasteiger partial charge >= 0.3 is 0 Å². The van der Waals surface area contributed by atoms with Crippen LogP contribution in [0.2, 0.25) is 0 Å². The zero-order valence-electron chi connectivity index (χ0n) is 3.93. The molecule has 0 saturated carbocycles. The lowest BCUT2D eigenvalue weighted by Crippen LogP contribution is -1.98. The van der Waals surface area contributed by atoms with Crippen molar-refractivity contribution < 1.29 is 4.79 Å². The summed E-state index contributed by atoms with van der Waals surface area (Å²) in [4.78, 5) is 10.2. The number of Topliss-reactive ketones (excluding diaryl/α,β-unsaturated/α-hetero) is 1. The Morgan fingerprint density at radius 2 is 2.57 bits per heavy atom. The molecular weight excluding hydrogens is 128 g/mol. The Hall–Kier alpha value is 0.110. The van der Waals surface area contributed by atoms with Crippen LogP contribution in [0.4, 0.5) is 0 Å². The maximum absolute atomic E-state index is 10.2. The predicted molar refractivity (Wildman–Crippen MR) is 36.0 cm³/mol. The molecule has 0 fully saturated rings. The normalized spacial score (nSPS) is 8.14. The fourth-order valence-electron chi connectivity index (χ4n) is 0.161. The molecule has 1 nitrogen and oxygen atoms in total. The van der Waals surface area contributed by atoms with Crippen molar-refractivity contribution in [3.8, 4) is 0 Å². The van der Waals surface area contributed by atoms with Crippen molar-refractivity contribution in [2.24, 2.45) is 0 Å². The molecule has 7 heavy (non-hydrogen) atoms. The zero-order valence-corrected chi connectivity index (χ0v) is 5.56. The number of rotatable bonds is 3. The van der Waals surface area contributed by atoms with Crippen molar-refractivity contribution in [2.75, 3.05) is 12.0 Å². The van der Waals surface area contributed by atoms with Gasteiger partial charge in [0.15, 0.2) is 5.78 Å². The zero-order chi connectivity index (χ0) is 5.70. The molecule has 0 amide bonds. The third-order valence-electron chi connectivity index (χ3n) is 0.389. The molecule has 0 N–H and O–H groups in total. The van der Waals surface area contributed by atoms with Gasteiger partial charge in [-0.3, -0.25) is 4.79 Å². The van der Waals surface area contributed by atoms with Crippen molar-refractivity contribution >= 4 is 35.1 Å².